The lowest BCUT2D eigenvalue weighted by molar-refractivity contribution is 0.156. The van der Waals surface area contributed by atoms with E-state index in [0.717, 1.165) is 56.6 Å². The first kappa shape index (κ1) is 18.4. The van der Waals surface area contributed by atoms with Crippen molar-refractivity contribution >= 4 is 35.6 Å². The molecule has 0 bridgehead atoms. The molecule has 2 aromatic rings. The van der Waals surface area contributed by atoms with Crippen LogP contribution in [0.15, 0.2) is 35.6 Å². The van der Waals surface area contributed by atoms with Crippen LogP contribution in [0.5, 0.6) is 0 Å². The molecule has 136 valence electrons. The predicted molar refractivity (Wildman–Crippen MR) is 110 cm³/mol. The largest absolute Gasteiger partial charge is 0.381 e. The number of hydrogen-bond acceptors (Lipinski definition) is 3. The summed E-state index contributed by atoms with van der Waals surface area (Å²) in [7, 11) is 1.86. The maximum absolute atomic E-state index is 5.61. The first-order chi connectivity index (χ1) is 11.8. The molecule has 0 aromatic carbocycles. The summed E-state index contributed by atoms with van der Waals surface area (Å²) in [6.45, 7) is 4.78. The fourth-order valence-corrected chi connectivity index (χ4v) is 3.83. The molecule has 4 heterocycles. The minimum Gasteiger partial charge on any atom is -0.381 e. The van der Waals surface area contributed by atoms with Crippen LogP contribution in [-0.4, -0.2) is 60.1 Å². The van der Waals surface area contributed by atoms with Crippen LogP contribution in [0.3, 0.4) is 0 Å². The molecule has 0 saturated carbocycles. The zero-order valence-corrected chi connectivity index (χ0v) is 17.0. The van der Waals surface area contributed by atoms with Gasteiger partial charge in [0.15, 0.2) is 5.96 Å². The average molecular weight is 455 g/mol. The highest BCUT2D eigenvalue weighted by atomic mass is 127. The number of ether oxygens (including phenoxy) is 1. The van der Waals surface area contributed by atoms with Crippen molar-refractivity contribution in [2.24, 2.45) is 10.4 Å². The van der Waals surface area contributed by atoms with Crippen LogP contribution >= 0.6 is 24.0 Å². The number of imidazole rings is 1. The average Bonchev–Trinajstić information content (AvgIpc) is 3.32. The van der Waals surface area contributed by atoms with Crippen molar-refractivity contribution in [3.05, 3.63) is 36.3 Å². The first-order valence-corrected chi connectivity index (χ1v) is 8.74. The Morgan fingerprint density at radius 2 is 2.32 bits per heavy atom. The highest BCUT2D eigenvalue weighted by Crippen LogP contribution is 2.38. The third kappa shape index (κ3) is 3.92. The Morgan fingerprint density at radius 1 is 1.40 bits per heavy atom. The van der Waals surface area contributed by atoms with Crippen LogP contribution in [0.25, 0.3) is 5.65 Å². The number of aromatic nitrogens is 2. The molecule has 4 rings (SSSR count). The molecule has 2 aliphatic heterocycles. The molecule has 2 saturated heterocycles. The van der Waals surface area contributed by atoms with E-state index in [1.54, 1.807) is 0 Å². The molecule has 6 nitrogen and oxygen atoms in total. The maximum Gasteiger partial charge on any atom is 0.193 e. The molecule has 2 aliphatic rings. The second-order valence-electron chi connectivity index (χ2n) is 6.90. The minimum absolute atomic E-state index is 0. The van der Waals surface area contributed by atoms with Gasteiger partial charge < -0.3 is 19.4 Å². The van der Waals surface area contributed by atoms with E-state index in [-0.39, 0.29) is 24.0 Å². The number of rotatable bonds is 3. The number of nitrogens with zero attached hydrogens (tertiary/aromatic N) is 4. The van der Waals surface area contributed by atoms with Gasteiger partial charge in [-0.25, -0.2) is 4.98 Å². The second-order valence-corrected chi connectivity index (χ2v) is 6.90. The summed E-state index contributed by atoms with van der Waals surface area (Å²) in [5.74, 6) is 1.00. The summed E-state index contributed by atoms with van der Waals surface area (Å²) < 4.78 is 7.68. The van der Waals surface area contributed by atoms with E-state index >= 15 is 0 Å². The van der Waals surface area contributed by atoms with Gasteiger partial charge in [-0.05, 0) is 25.0 Å². The quantitative estimate of drug-likeness (QED) is 0.438. The number of pyridine rings is 1. The van der Waals surface area contributed by atoms with Crippen molar-refractivity contribution in [1.82, 2.24) is 19.6 Å². The van der Waals surface area contributed by atoms with Gasteiger partial charge in [0.1, 0.15) is 5.65 Å². The van der Waals surface area contributed by atoms with Gasteiger partial charge in [-0.15, -0.1) is 24.0 Å². The highest BCUT2D eigenvalue weighted by Gasteiger charge is 2.42. The van der Waals surface area contributed by atoms with Gasteiger partial charge in [-0.3, -0.25) is 4.99 Å². The van der Waals surface area contributed by atoms with Gasteiger partial charge in [-0.1, -0.05) is 6.07 Å². The van der Waals surface area contributed by atoms with E-state index in [1.807, 2.05) is 31.4 Å². The molecule has 1 unspecified atom stereocenters. The Balaban J connectivity index is 0.00000182. The van der Waals surface area contributed by atoms with Crippen LogP contribution < -0.4 is 5.32 Å². The zero-order chi connectivity index (χ0) is 16.4. The van der Waals surface area contributed by atoms with E-state index in [1.165, 1.54) is 12.8 Å². The van der Waals surface area contributed by atoms with Crippen molar-refractivity contribution in [3.8, 4) is 0 Å². The number of guanidine groups is 1. The molecular weight excluding hydrogens is 429 g/mol. The van der Waals surface area contributed by atoms with E-state index < -0.39 is 0 Å². The Bertz CT molecular complexity index is 705. The normalized spacial score (nSPS) is 23.4. The molecular formula is C18H26IN5O. The topological polar surface area (TPSA) is 54.2 Å². The van der Waals surface area contributed by atoms with Gasteiger partial charge in [-0.2, -0.15) is 0 Å². The highest BCUT2D eigenvalue weighted by molar-refractivity contribution is 14.0. The Morgan fingerprint density at radius 3 is 3.08 bits per heavy atom. The summed E-state index contributed by atoms with van der Waals surface area (Å²) in [5, 5.41) is 3.50. The lowest BCUT2D eigenvalue weighted by atomic mass is 9.87. The molecule has 0 radical (unpaired) electrons. The molecule has 25 heavy (non-hydrogen) atoms. The fraction of sp³-hybridized carbons (Fsp3) is 0.556. The van der Waals surface area contributed by atoms with Crippen molar-refractivity contribution in [2.75, 3.05) is 39.9 Å². The number of likely N-dealkylation sites (tertiary alicyclic amines) is 1. The van der Waals surface area contributed by atoms with Crippen molar-refractivity contribution in [3.63, 3.8) is 0 Å². The zero-order valence-electron chi connectivity index (χ0n) is 14.6. The van der Waals surface area contributed by atoms with E-state index in [2.05, 4.69) is 30.8 Å². The molecule has 7 heteroatoms. The number of halogens is 1. The fourth-order valence-electron chi connectivity index (χ4n) is 3.83. The Labute approximate surface area is 165 Å². The minimum atomic E-state index is 0. The van der Waals surface area contributed by atoms with Crippen LogP contribution in [0.1, 0.15) is 18.5 Å². The lowest BCUT2D eigenvalue weighted by Crippen LogP contribution is -2.42. The van der Waals surface area contributed by atoms with Crippen LogP contribution in [-0.2, 0) is 11.2 Å². The number of nitrogens with one attached hydrogen (secondary N) is 1. The van der Waals surface area contributed by atoms with Crippen molar-refractivity contribution in [1.29, 1.82) is 0 Å². The van der Waals surface area contributed by atoms with E-state index in [4.69, 9.17) is 4.74 Å². The molecule has 1 spiro atoms. The Kier molecular flexibility index (Phi) is 5.83. The van der Waals surface area contributed by atoms with E-state index in [0.29, 0.717) is 5.41 Å². The number of fused-ring (bicyclic) bond motifs is 1. The predicted octanol–water partition coefficient (Wildman–Crippen LogP) is 2.18. The van der Waals surface area contributed by atoms with Crippen LogP contribution in [0.4, 0.5) is 0 Å². The molecule has 2 fully saturated rings. The molecule has 0 aliphatic carbocycles. The summed E-state index contributed by atoms with van der Waals surface area (Å²) in [6.07, 6.45) is 7.41. The first-order valence-electron chi connectivity index (χ1n) is 8.74. The summed E-state index contributed by atoms with van der Waals surface area (Å²) >= 11 is 0. The number of aliphatic imine (C=N–C) groups is 1. The SMILES string of the molecule is CN=C(NCCc1cn2ccccc2n1)N1CCC2(CCOC2)C1.I. The smallest absolute Gasteiger partial charge is 0.193 e. The third-order valence-electron chi connectivity index (χ3n) is 5.21. The van der Waals surface area contributed by atoms with Crippen molar-refractivity contribution < 1.29 is 4.74 Å². The lowest BCUT2D eigenvalue weighted by Gasteiger charge is -2.24. The Hall–Kier alpha value is -1.35. The van der Waals surface area contributed by atoms with Crippen LogP contribution in [0.2, 0.25) is 0 Å². The maximum atomic E-state index is 5.61. The number of hydrogen-bond donors (Lipinski definition) is 1. The van der Waals surface area contributed by atoms with Gasteiger partial charge in [0.2, 0.25) is 0 Å². The van der Waals surface area contributed by atoms with Gasteiger partial charge in [0, 0.05) is 57.5 Å². The molecule has 1 atom stereocenters. The van der Waals surface area contributed by atoms with Crippen molar-refractivity contribution in [2.45, 2.75) is 19.3 Å². The summed E-state index contributed by atoms with van der Waals surface area (Å²) in [4.78, 5) is 11.5. The van der Waals surface area contributed by atoms with Crippen LogP contribution in [0, 0.1) is 5.41 Å². The molecule has 2 aromatic heterocycles. The van der Waals surface area contributed by atoms with Gasteiger partial charge in [0.25, 0.3) is 0 Å². The molecule has 0 amide bonds. The standard InChI is InChI=1S/C18H25N5O.HI/c1-19-17(23-10-6-18(13-23)7-11-24-14-18)20-8-5-15-12-22-9-3-2-4-16(22)21-15;/h2-4,9,12H,5-8,10-11,13-14H2,1H3,(H,19,20);1H. The summed E-state index contributed by atoms with van der Waals surface area (Å²) in [6, 6.07) is 6.07. The van der Waals surface area contributed by atoms with E-state index in [9.17, 15) is 0 Å². The third-order valence-corrected chi connectivity index (χ3v) is 5.21. The molecule has 1 N–H and O–H groups in total. The second kappa shape index (κ2) is 7.90. The van der Waals surface area contributed by atoms with Gasteiger partial charge >= 0.3 is 0 Å². The summed E-state index contributed by atoms with van der Waals surface area (Å²) in [5.41, 5.74) is 2.46. The van der Waals surface area contributed by atoms with Gasteiger partial charge in [0.05, 0.1) is 12.3 Å². The monoisotopic (exact) mass is 455 g/mol.